The Labute approximate surface area is 201 Å². The highest BCUT2D eigenvalue weighted by atomic mass is 16.3. The molecule has 4 fully saturated rings. The molecule has 0 aromatic heterocycles. The minimum Gasteiger partial charge on any atom is -0.393 e. The summed E-state index contributed by atoms with van der Waals surface area (Å²) < 4.78 is 0. The van der Waals surface area contributed by atoms with E-state index in [2.05, 4.69) is 51.7 Å². The molecule has 0 spiro atoms. The Bertz CT molecular complexity index is 816. The lowest BCUT2D eigenvalue weighted by molar-refractivity contribution is 0.0862. The molecule has 7 atom stereocenters. The Balaban J connectivity index is 1.46. The van der Waals surface area contributed by atoms with E-state index < -0.39 is 12.2 Å². The maximum absolute atomic E-state index is 10.8. The summed E-state index contributed by atoms with van der Waals surface area (Å²) in [6.07, 6.45) is 19.3. The number of hydrogen-bond donors (Lipinski definition) is 3. The van der Waals surface area contributed by atoms with Crippen molar-refractivity contribution in [2.75, 3.05) is 0 Å². The summed E-state index contributed by atoms with van der Waals surface area (Å²) in [4.78, 5) is 0. The van der Waals surface area contributed by atoms with Gasteiger partial charge in [0.05, 0.1) is 18.3 Å². The average Bonchev–Trinajstić information content (AvgIpc) is 3.47. The van der Waals surface area contributed by atoms with Gasteiger partial charge in [-0.1, -0.05) is 63.6 Å². The maximum Gasteiger partial charge on any atom is 0.0811 e. The van der Waals surface area contributed by atoms with Crippen LogP contribution < -0.4 is 0 Å². The smallest absolute Gasteiger partial charge is 0.0811 e. The van der Waals surface area contributed by atoms with Gasteiger partial charge < -0.3 is 15.3 Å². The number of allylic oxidation sites excluding steroid dienone is 4. The first-order valence-corrected chi connectivity index (χ1v) is 13.5. The number of rotatable bonds is 7. The van der Waals surface area contributed by atoms with E-state index in [1.807, 2.05) is 0 Å². The first kappa shape index (κ1) is 24.9. The summed E-state index contributed by atoms with van der Waals surface area (Å²) in [7, 11) is 0. The minimum absolute atomic E-state index is 0.172. The van der Waals surface area contributed by atoms with Crippen molar-refractivity contribution < 1.29 is 15.3 Å². The molecular weight excluding hydrogens is 408 g/mol. The molecule has 4 saturated carbocycles. The van der Waals surface area contributed by atoms with Crippen LogP contribution in [0.1, 0.15) is 91.4 Å². The lowest BCUT2D eigenvalue weighted by Crippen LogP contribution is -2.35. The summed E-state index contributed by atoms with van der Waals surface area (Å²) in [5.41, 5.74) is 3.79. The lowest BCUT2D eigenvalue weighted by atomic mass is 9.61. The normalized spacial score (nSPS) is 40.4. The quantitative estimate of drug-likeness (QED) is 0.398. The molecule has 0 aromatic carbocycles. The lowest BCUT2D eigenvalue weighted by Gasteiger charge is -2.44. The van der Waals surface area contributed by atoms with Crippen molar-refractivity contribution in [2.24, 2.45) is 28.6 Å². The number of fused-ring (bicyclic) bond motifs is 1. The van der Waals surface area contributed by atoms with Gasteiger partial charge in [0.25, 0.3) is 0 Å². The van der Waals surface area contributed by atoms with E-state index in [0.29, 0.717) is 36.0 Å². The molecule has 3 heteroatoms. The van der Waals surface area contributed by atoms with Crippen molar-refractivity contribution >= 4 is 0 Å². The van der Waals surface area contributed by atoms with Crippen molar-refractivity contribution in [1.82, 2.24) is 0 Å². The fourth-order valence-electron chi connectivity index (χ4n) is 7.58. The monoisotopic (exact) mass is 454 g/mol. The van der Waals surface area contributed by atoms with Gasteiger partial charge in [-0.05, 0) is 97.5 Å². The van der Waals surface area contributed by atoms with Crippen LogP contribution in [0, 0.1) is 28.6 Å². The van der Waals surface area contributed by atoms with E-state index >= 15 is 0 Å². The van der Waals surface area contributed by atoms with Crippen LogP contribution in [0.3, 0.4) is 0 Å². The summed E-state index contributed by atoms with van der Waals surface area (Å²) in [6.45, 7) is 11.2. The third-order valence-corrected chi connectivity index (χ3v) is 9.80. The molecule has 184 valence electrons. The van der Waals surface area contributed by atoms with Crippen LogP contribution in [-0.2, 0) is 0 Å². The van der Waals surface area contributed by atoms with Crippen molar-refractivity contribution in [3.8, 4) is 0 Å². The molecule has 0 heterocycles. The number of hydrogen-bond acceptors (Lipinski definition) is 3. The largest absolute Gasteiger partial charge is 0.393 e. The molecule has 4 rings (SSSR count). The SMILES string of the molecule is C=C1/C(=C\C=C2/CCC[C@]3(C)[C@@H]([C@H](C)/C=C/[C@H](O)C4(CCC)CC4)CC[C@@H]23)C[C@@H](O)C[C@@H]1O. The van der Waals surface area contributed by atoms with E-state index in [0.717, 1.165) is 30.4 Å². The fourth-order valence-corrected chi connectivity index (χ4v) is 7.58. The van der Waals surface area contributed by atoms with Crippen LogP contribution in [0.4, 0.5) is 0 Å². The van der Waals surface area contributed by atoms with Crippen LogP contribution in [0.15, 0.2) is 47.6 Å². The Morgan fingerprint density at radius 3 is 2.58 bits per heavy atom. The molecule has 3 N–H and O–H groups in total. The molecule has 4 aliphatic rings. The van der Waals surface area contributed by atoms with Crippen molar-refractivity contribution in [2.45, 2.75) is 110 Å². The standard InChI is InChI=1S/C30H46O3/c1-5-14-30(16-17-30)28(33)13-8-20(2)25-11-12-26-22(7-6-15-29(25,26)4)9-10-23-18-24(31)19-27(32)21(23)3/h8-10,13,20,24-28,31-33H,3,5-7,11-12,14-19H2,1-2,4H3/b13-8+,22-9+,23-10-/t20-,24-,25-,26+,27+,28+,29-/m1/s1. The Morgan fingerprint density at radius 2 is 1.88 bits per heavy atom. The molecule has 0 amide bonds. The van der Waals surface area contributed by atoms with Crippen LogP contribution in [0.5, 0.6) is 0 Å². The van der Waals surface area contributed by atoms with Crippen molar-refractivity contribution in [1.29, 1.82) is 0 Å². The van der Waals surface area contributed by atoms with E-state index in [4.69, 9.17) is 0 Å². The average molecular weight is 455 g/mol. The van der Waals surface area contributed by atoms with Gasteiger partial charge in [0.1, 0.15) is 0 Å². The summed E-state index contributed by atoms with van der Waals surface area (Å²) >= 11 is 0. The van der Waals surface area contributed by atoms with Gasteiger partial charge >= 0.3 is 0 Å². The molecule has 0 unspecified atom stereocenters. The van der Waals surface area contributed by atoms with Gasteiger partial charge in [-0.25, -0.2) is 0 Å². The van der Waals surface area contributed by atoms with Gasteiger partial charge in [-0.2, -0.15) is 0 Å². The van der Waals surface area contributed by atoms with Crippen LogP contribution in [0.2, 0.25) is 0 Å². The summed E-state index contributed by atoms with van der Waals surface area (Å²) in [6, 6.07) is 0. The Kier molecular flexibility index (Phi) is 7.44. The summed E-state index contributed by atoms with van der Waals surface area (Å²) in [5, 5.41) is 31.1. The van der Waals surface area contributed by atoms with Crippen LogP contribution in [-0.4, -0.2) is 33.6 Å². The summed E-state index contributed by atoms with van der Waals surface area (Å²) in [5.74, 6) is 1.74. The van der Waals surface area contributed by atoms with E-state index in [1.165, 1.54) is 44.1 Å². The highest BCUT2D eigenvalue weighted by Crippen LogP contribution is 2.60. The molecule has 0 bridgehead atoms. The molecule has 0 aliphatic heterocycles. The second-order valence-electron chi connectivity index (χ2n) is 12.0. The zero-order valence-corrected chi connectivity index (χ0v) is 21.1. The number of aliphatic hydroxyl groups is 3. The van der Waals surface area contributed by atoms with Gasteiger partial charge in [-0.3, -0.25) is 0 Å². The minimum atomic E-state index is -0.624. The van der Waals surface area contributed by atoms with Crippen LogP contribution in [0.25, 0.3) is 0 Å². The van der Waals surface area contributed by atoms with Crippen molar-refractivity contribution in [3.05, 3.63) is 47.6 Å². The van der Waals surface area contributed by atoms with Gasteiger partial charge in [0, 0.05) is 6.42 Å². The predicted molar refractivity (Wildman–Crippen MR) is 136 cm³/mol. The zero-order chi connectivity index (χ0) is 23.8. The highest BCUT2D eigenvalue weighted by molar-refractivity contribution is 5.38. The molecule has 0 saturated heterocycles. The molecule has 3 nitrogen and oxygen atoms in total. The topological polar surface area (TPSA) is 60.7 Å². The maximum atomic E-state index is 10.8. The third kappa shape index (κ3) is 4.97. The second-order valence-corrected chi connectivity index (χ2v) is 12.0. The first-order valence-electron chi connectivity index (χ1n) is 13.5. The predicted octanol–water partition coefficient (Wildman–Crippen LogP) is 6.26. The van der Waals surface area contributed by atoms with Gasteiger partial charge in [0.2, 0.25) is 0 Å². The van der Waals surface area contributed by atoms with E-state index in [9.17, 15) is 15.3 Å². The van der Waals surface area contributed by atoms with Gasteiger partial charge in [0.15, 0.2) is 0 Å². The van der Waals surface area contributed by atoms with Gasteiger partial charge in [-0.15, -0.1) is 0 Å². The first-order chi connectivity index (χ1) is 15.7. The fraction of sp³-hybridized carbons (Fsp3) is 0.733. The molecule has 0 radical (unpaired) electrons. The number of aliphatic hydroxyl groups excluding tert-OH is 3. The Morgan fingerprint density at radius 1 is 1.12 bits per heavy atom. The van der Waals surface area contributed by atoms with E-state index in [1.54, 1.807) is 0 Å². The molecular formula is C30H46O3. The highest BCUT2D eigenvalue weighted by Gasteiger charge is 2.51. The van der Waals surface area contributed by atoms with Crippen molar-refractivity contribution in [3.63, 3.8) is 0 Å². The third-order valence-electron chi connectivity index (χ3n) is 9.80. The molecule has 4 aliphatic carbocycles. The Hall–Kier alpha value is -1.16. The van der Waals surface area contributed by atoms with Crippen LogP contribution >= 0.6 is 0 Å². The second kappa shape index (κ2) is 9.84. The molecule has 0 aromatic rings. The molecule has 33 heavy (non-hydrogen) atoms. The van der Waals surface area contributed by atoms with E-state index in [-0.39, 0.29) is 11.5 Å². The zero-order valence-electron chi connectivity index (χ0n) is 21.1.